The maximum atomic E-state index is 12.4. The highest BCUT2D eigenvalue weighted by Gasteiger charge is 2.21. The molecule has 0 saturated carbocycles. The summed E-state index contributed by atoms with van der Waals surface area (Å²) in [7, 11) is 0. The molecule has 3 N–H and O–H groups in total. The van der Waals surface area contributed by atoms with Crippen molar-refractivity contribution in [3.8, 4) is 0 Å². The number of H-pyrrole nitrogens is 1. The molecule has 6 heteroatoms. The number of nitrogens with zero attached hydrogens (tertiary/aromatic N) is 3. The number of carbonyl (C=O) groups is 1. The van der Waals surface area contributed by atoms with Gasteiger partial charge in [0.15, 0.2) is 5.69 Å². The molecule has 6 nitrogen and oxygen atoms in total. The van der Waals surface area contributed by atoms with E-state index in [2.05, 4.69) is 15.2 Å². The van der Waals surface area contributed by atoms with Crippen molar-refractivity contribution >= 4 is 17.3 Å². The maximum Gasteiger partial charge on any atom is 0.280 e. The Bertz CT molecular complexity index is 549. The van der Waals surface area contributed by atoms with E-state index in [0.717, 1.165) is 5.69 Å². The van der Waals surface area contributed by atoms with Crippen LogP contribution in [0.4, 0.5) is 11.4 Å². The summed E-state index contributed by atoms with van der Waals surface area (Å²) in [6, 6.07) is 3.55. The SMILES string of the molecule is CCN(C(=O)c1n[nH]c(C)c1N)c1ccncc1. The van der Waals surface area contributed by atoms with E-state index >= 15 is 0 Å². The van der Waals surface area contributed by atoms with Crippen LogP contribution in [-0.4, -0.2) is 27.6 Å². The zero-order chi connectivity index (χ0) is 13.1. The molecular formula is C12H15N5O. The highest BCUT2D eigenvalue weighted by Crippen LogP contribution is 2.19. The summed E-state index contributed by atoms with van der Waals surface area (Å²) in [5.74, 6) is -0.217. The van der Waals surface area contributed by atoms with Gasteiger partial charge in [-0.3, -0.25) is 14.9 Å². The number of nitrogen functional groups attached to an aromatic ring is 1. The van der Waals surface area contributed by atoms with Crippen molar-refractivity contribution in [2.75, 3.05) is 17.2 Å². The largest absolute Gasteiger partial charge is 0.395 e. The first-order valence-corrected chi connectivity index (χ1v) is 5.67. The van der Waals surface area contributed by atoms with Gasteiger partial charge in [-0.1, -0.05) is 0 Å². The third kappa shape index (κ3) is 2.04. The maximum absolute atomic E-state index is 12.4. The number of carbonyl (C=O) groups excluding carboxylic acids is 1. The number of nitrogens with two attached hydrogens (primary N) is 1. The van der Waals surface area contributed by atoms with Crippen molar-refractivity contribution in [3.63, 3.8) is 0 Å². The molecule has 0 atom stereocenters. The number of aryl methyl sites for hydroxylation is 1. The molecule has 0 bridgehead atoms. The third-order valence-corrected chi connectivity index (χ3v) is 2.73. The van der Waals surface area contributed by atoms with E-state index in [1.165, 1.54) is 0 Å². The van der Waals surface area contributed by atoms with Crippen molar-refractivity contribution in [1.82, 2.24) is 15.2 Å². The molecule has 94 valence electrons. The van der Waals surface area contributed by atoms with Crippen LogP contribution in [0.25, 0.3) is 0 Å². The second-order valence-corrected chi connectivity index (χ2v) is 3.87. The van der Waals surface area contributed by atoms with Crippen molar-refractivity contribution < 1.29 is 4.79 Å². The molecule has 2 heterocycles. The lowest BCUT2D eigenvalue weighted by molar-refractivity contribution is 0.0984. The van der Waals surface area contributed by atoms with Crippen molar-refractivity contribution in [2.45, 2.75) is 13.8 Å². The summed E-state index contributed by atoms with van der Waals surface area (Å²) in [6.07, 6.45) is 3.29. The lowest BCUT2D eigenvalue weighted by atomic mass is 10.2. The predicted octanol–water partition coefficient (Wildman–Crippen LogP) is 1.36. The number of aromatic amines is 1. The Kier molecular flexibility index (Phi) is 3.27. The first-order chi connectivity index (χ1) is 8.65. The van der Waals surface area contributed by atoms with Crippen molar-refractivity contribution in [2.24, 2.45) is 0 Å². The van der Waals surface area contributed by atoms with Crippen molar-refractivity contribution in [3.05, 3.63) is 35.9 Å². The van der Waals surface area contributed by atoms with E-state index in [4.69, 9.17) is 5.73 Å². The number of pyridine rings is 1. The lowest BCUT2D eigenvalue weighted by Crippen LogP contribution is -2.31. The Morgan fingerprint density at radius 2 is 2.11 bits per heavy atom. The summed E-state index contributed by atoms with van der Waals surface area (Å²) < 4.78 is 0. The predicted molar refractivity (Wildman–Crippen MR) is 69.3 cm³/mol. The number of hydrogen-bond donors (Lipinski definition) is 2. The number of nitrogens with one attached hydrogen (secondary N) is 1. The van der Waals surface area contributed by atoms with Gasteiger partial charge in [-0.15, -0.1) is 0 Å². The second kappa shape index (κ2) is 4.87. The molecule has 2 rings (SSSR count). The summed E-state index contributed by atoms with van der Waals surface area (Å²) in [6.45, 7) is 4.21. The Balaban J connectivity index is 2.35. The minimum Gasteiger partial charge on any atom is -0.395 e. The number of amides is 1. The first-order valence-electron chi connectivity index (χ1n) is 5.67. The molecular weight excluding hydrogens is 230 g/mol. The molecule has 0 saturated heterocycles. The fourth-order valence-electron chi connectivity index (χ4n) is 1.70. The van der Waals surface area contributed by atoms with Crippen LogP contribution in [0.3, 0.4) is 0 Å². The van der Waals surface area contributed by atoms with Gasteiger partial charge < -0.3 is 10.6 Å². The van der Waals surface area contributed by atoms with Crippen LogP contribution in [0.2, 0.25) is 0 Å². The van der Waals surface area contributed by atoms with Crippen LogP contribution >= 0.6 is 0 Å². The second-order valence-electron chi connectivity index (χ2n) is 3.87. The van der Waals surface area contributed by atoms with Crippen LogP contribution in [0.1, 0.15) is 23.1 Å². The number of rotatable bonds is 3. The minimum atomic E-state index is -0.217. The summed E-state index contributed by atoms with van der Waals surface area (Å²) in [5.41, 5.74) is 7.95. The van der Waals surface area contributed by atoms with E-state index in [1.807, 2.05) is 6.92 Å². The zero-order valence-electron chi connectivity index (χ0n) is 10.3. The molecule has 1 amide bonds. The fourth-order valence-corrected chi connectivity index (χ4v) is 1.70. The third-order valence-electron chi connectivity index (χ3n) is 2.73. The Hall–Kier alpha value is -2.37. The standard InChI is InChI=1S/C12H15N5O/c1-3-17(9-4-6-14-7-5-9)12(18)11-10(13)8(2)15-16-11/h4-7H,3,13H2,1-2H3,(H,15,16). The van der Waals surface area contributed by atoms with Gasteiger partial charge in [-0.25, -0.2) is 0 Å². The van der Waals surface area contributed by atoms with E-state index in [9.17, 15) is 4.79 Å². The molecule has 0 spiro atoms. The molecule has 2 aromatic heterocycles. The Morgan fingerprint density at radius 3 is 2.61 bits per heavy atom. The number of anilines is 2. The smallest absolute Gasteiger partial charge is 0.280 e. The first kappa shape index (κ1) is 12.1. The molecule has 0 aliphatic heterocycles. The molecule has 0 unspecified atom stereocenters. The highest BCUT2D eigenvalue weighted by atomic mass is 16.2. The molecule has 2 aromatic rings. The van der Waals surface area contributed by atoms with Crippen molar-refractivity contribution in [1.29, 1.82) is 0 Å². The van der Waals surface area contributed by atoms with Crippen LogP contribution in [0.15, 0.2) is 24.5 Å². The van der Waals surface area contributed by atoms with Gasteiger partial charge in [-0.2, -0.15) is 5.10 Å². The molecule has 0 aliphatic carbocycles. The van der Waals surface area contributed by atoms with E-state index in [0.29, 0.717) is 17.9 Å². The molecule has 18 heavy (non-hydrogen) atoms. The number of aromatic nitrogens is 3. The summed E-state index contributed by atoms with van der Waals surface area (Å²) >= 11 is 0. The van der Waals surface area contributed by atoms with E-state index in [1.54, 1.807) is 36.4 Å². The normalized spacial score (nSPS) is 10.3. The average Bonchev–Trinajstić information content (AvgIpc) is 2.72. The van der Waals surface area contributed by atoms with Gasteiger partial charge in [0.1, 0.15) is 0 Å². The molecule has 0 aliphatic rings. The minimum absolute atomic E-state index is 0.217. The van der Waals surface area contributed by atoms with Gasteiger partial charge in [-0.05, 0) is 26.0 Å². The molecule has 0 aromatic carbocycles. The van der Waals surface area contributed by atoms with Gasteiger partial charge in [0.2, 0.25) is 0 Å². The van der Waals surface area contributed by atoms with Crippen LogP contribution in [0.5, 0.6) is 0 Å². The summed E-state index contributed by atoms with van der Waals surface area (Å²) in [4.78, 5) is 17.9. The monoisotopic (exact) mass is 245 g/mol. The topological polar surface area (TPSA) is 87.9 Å². The van der Waals surface area contributed by atoms with E-state index in [-0.39, 0.29) is 11.6 Å². The van der Waals surface area contributed by atoms with Gasteiger partial charge in [0, 0.05) is 24.6 Å². The number of hydrogen-bond acceptors (Lipinski definition) is 4. The lowest BCUT2D eigenvalue weighted by Gasteiger charge is -2.19. The Labute approximate surface area is 105 Å². The molecule has 0 radical (unpaired) electrons. The van der Waals surface area contributed by atoms with E-state index < -0.39 is 0 Å². The van der Waals surface area contributed by atoms with Crippen LogP contribution in [0, 0.1) is 6.92 Å². The molecule has 0 fully saturated rings. The van der Waals surface area contributed by atoms with Crippen LogP contribution < -0.4 is 10.6 Å². The summed E-state index contributed by atoms with van der Waals surface area (Å²) in [5, 5.41) is 6.67. The van der Waals surface area contributed by atoms with Gasteiger partial charge >= 0.3 is 0 Å². The Morgan fingerprint density at radius 1 is 1.44 bits per heavy atom. The average molecular weight is 245 g/mol. The zero-order valence-corrected chi connectivity index (χ0v) is 10.3. The quantitative estimate of drug-likeness (QED) is 0.854. The fraction of sp³-hybridized carbons (Fsp3) is 0.250. The van der Waals surface area contributed by atoms with Gasteiger partial charge in [0.25, 0.3) is 5.91 Å². The van der Waals surface area contributed by atoms with Crippen LogP contribution in [-0.2, 0) is 0 Å². The van der Waals surface area contributed by atoms with Gasteiger partial charge in [0.05, 0.1) is 11.4 Å². The highest BCUT2D eigenvalue weighted by molar-refractivity contribution is 6.08.